The Bertz CT molecular complexity index is 263. The Balaban J connectivity index is 1.75. The van der Waals surface area contributed by atoms with Crippen LogP contribution in [0.1, 0.15) is 45.4 Å². The molecule has 4 nitrogen and oxygen atoms in total. The normalized spacial score (nSPS) is 23.7. The van der Waals surface area contributed by atoms with Crippen molar-refractivity contribution in [2.45, 2.75) is 45.4 Å². The van der Waals surface area contributed by atoms with Crippen molar-refractivity contribution in [3.8, 4) is 0 Å². The Morgan fingerprint density at radius 1 is 1.17 bits per heavy atom. The molecule has 0 aromatic carbocycles. The third-order valence-electron chi connectivity index (χ3n) is 4.32. The highest BCUT2D eigenvalue weighted by Gasteiger charge is 2.37. The number of hydrogen-bond acceptors (Lipinski definition) is 2. The van der Waals surface area contributed by atoms with E-state index in [1.807, 2.05) is 4.90 Å². The van der Waals surface area contributed by atoms with Crippen LogP contribution in [-0.2, 0) is 4.74 Å². The van der Waals surface area contributed by atoms with Crippen LogP contribution in [0.3, 0.4) is 0 Å². The van der Waals surface area contributed by atoms with Crippen molar-refractivity contribution in [2.24, 2.45) is 5.41 Å². The Morgan fingerprint density at radius 3 is 2.28 bits per heavy atom. The second kappa shape index (κ2) is 6.41. The van der Waals surface area contributed by atoms with Crippen molar-refractivity contribution in [3.05, 3.63) is 0 Å². The highest BCUT2D eigenvalue weighted by Crippen LogP contribution is 2.30. The van der Waals surface area contributed by atoms with Gasteiger partial charge in [0.05, 0.1) is 13.2 Å². The standard InChI is InChI=1S/C14H26N2O2/c1-2-14(11-18-12-14)10-15-13(17)16-8-6-4-3-5-7-9-16/h2-12H2,1H3,(H,15,17). The minimum Gasteiger partial charge on any atom is -0.380 e. The van der Waals surface area contributed by atoms with E-state index < -0.39 is 0 Å². The van der Waals surface area contributed by atoms with Crippen LogP contribution in [-0.4, -0.2) is 43.8 Å². The first kappa shape index (κ1) is 13.7. The molecule has 0 aromatic heterocycles. The van der Waals surface area contributed by atoms with E-state index in [4.69, 9.17) is 4.74 Å². The van der Waals surface area contributed by atoms with Crippen LogP contribution >= 0.6 is 0 Å². The lowest BCUT2D eigenvalue weighted by Crippen LogP contribution is -2.53. The van der Waals surface area contributed by atoms with Crippen molar-refractivity contribution in [1.82, 2.24) is 10.2 Å². The highest BCUT2D eigenvalue weighted by molar-refractivity contribution is 5.74. The van der Waals surface area contributed by atoms with E-state index in [1.54, 1.807) is 0 Å². The van der Waals surface area contributed by atoms with Crippen LogP contribution < -0.4 is 5.32 Å². The summed E-state index contributed by atoms with van der Waals surface area (Å²) in [6.45, 7) is 6.36. The van der Waals surface area contributed by atoms with Gasteiger partial charge in [-0.1, -0.05) is 26.2 Å². The van der Waals surface area contributed by atoms with Gasteiger partial charge in [0.15, 0.2) is 0 Å². The Labute approximate surface area is 110 Å². The molecule has 0 radical (unpaired) electrons. The molecule has 0 aliphatic carbocycles. The zero-order valence-electron chi connectivity index (χ0n) is 11.5. The minimum atomic E-state index is 0.122. The van der Waals surface area contributed by atoms with Gasteiger partial charge in [-0.15, -0.1) is 0 Å². The third kappa shape index (κ3) is 3.37. The predicted molar refractivity (Wildman–Crippen MR) is 71.6 cm³/mol. The van der Waals surface area contributed by atoms with E-state index in [2.05, 4.69) is 12.2 Å². The maximum Gasteiger partial charge on any atom is 0.317 e. The maximum atomic E-state index is 12.1. The van der Waals surface area contributed by atoms with Gasteiger partial charge in [-0.2, -0.15) is 0 Å². The van der Waals surface area contributed by atoms with Crippen molar-refractivity contribution in [3.63, 3.8) is 0 Å². The molecule has 0 saturated carbocycles. The van der Waals surface area contributed by atoms with Crippen LogP contribution in [0.5, 0.6) is 0 Å². The van der Waals surface area contributed by atoms with Crippen molar-refractivity contribution >= 4 is 6.03 Å². The SMILES string of the molecule is CCC1(CNC(=O)N2CCCCCCC2)COC1. The predicted octanol–water partition coefficient (Wildman–Crippen LogP) is 2.39. The van der Waals surface area contributed by atoms with Gasteiger partial charge in [0, 0.05) is 25.0 Å². The summed E-state index contributed by atoms with van der Waals surface area (Å²) in [6.07, 6.45) is 7.22. The van der Waals surface area contributed by atoms with Gasteiger partial charge < -0.3 is 15.0 Å². The topological polar surface area (TPSA) is 41.6 Å². The summed E-state index contributed by atoms with van der Waals surface area (Å²) in [5.74, 6) is 0. The molecule has 4 heteroatoms. The van der Waals surface area contributed by atoms with E-state index in [9.17, 15) is 4.79 Å². The molecule has 2 amide bonds. The highest BCUT2D eigenvalue weighted by atomic mass is 16.5. The Morgan fingerprint density at radius 2 is 1.78 bits per heavy atom. The molecule has 2 heterocycles. The van der Waals surface area contributed by atoms with Gasteiger partial charge in [0.2, 0.25) is 0 Å². The molecule has 0 unspecified atom stereocenters. The second-order valence-corrected chi connectivity index (χ2v) is 5.76. The largest absolute Gasteiger partial charge is 0.380 e. The molecule has 0 bridgehead atoms. The monoisotopic (exact) mass is 254 g/mol. The van der Waals surface area contributed by atoms with E-state index in [0.29, 0.717) is 0 Å². The molecule has 2 rings (SSSR count). The maximum absolute atomic E-state index is 12.1. The van der Waals surface area contributed by atoms with Gasteiger partial charge >= 0.3 is 6.03 Å². The number of ether oxygens (including phenoxy) is 1. The first-order valence-corrected chi connectivity index (χ1v) is 7.36. The van der Waals surface area contributed by atoms with Gasteiger partial charge in [0.25, 0.3) is 0 Å². The molecule has 104 valence electrons. The average Bonchev–Trinajstić information content (AvgIpc) is 2.27. The number of rotatable bonds is 3. The number of hydrogen-bond donors (Lipinski definition) is 1. The number of urea groups is 1. The van der Waals surface area contributed by atoms with Crippen molar-refractivity contribution < 1.29 is 9.53 Å². The summed E-state index contributed by atoms with van der Waals surface area (Å²) in [7, 11) is 0. The lowest BCUT2D eigenvalue weighted by Gasteiger charge is -2.41. The summed E-state index contributed by atoms with van der Waals surface area (Å²) >= 11 is 0. The fourth-order valence-electron chi connectivity index (χ4n) is 2.65. The molecular formula is C14H26N2O2. The van der Waals surface area contributed by atoms with Crippen LogP contribution in [0.15, 0.2) is 0 Å². The molecular weight excluding hydrogens is 228 g/mol. The first-order chi connectivity index (χ1) is 8.76. The number of amides is 2. The quantitative estimate of drug-likeness (QED) is 0.840. The number of likely N-dealkylation sites (tertiary alicyclic amines) is 1. The summed E-state index contributed by atoms with van der Waals surface area (Å²) in [5, 5.41) is 3.10. The number of carbonyl (C=O) groups excluding carboxylic acids is 1. The zero-order chi connectivity index (χ0) is 12.8. The lowest BCUT2D eigenvalue weighted by atomic mass is 9.83. The van der Waals surface area contributed by atoms with E-state index in [0.717, 1.165) is 52.1 Å². The van der Waals surface area contributed by atoms with Gasteiger partial charge in [-0.3, -0.25) is 0 Å². The minimum absolute atomic E-state index is 0.122. The number of carbonyl (C=O) groups is 1. The number of nitrogens with one attached hydrogen (secondary N) is 1. The van der Waals surface area contributed by atoms with E-state index >= 15 is 0 Å². The summed E-state index contributed by atoms with van der Waals surface area (Å²) < 4.78 is 5.28. The van der Waals surface area contributed by atoms with Crippen LogP contribution in [0, 0.1) is 5.41 Å². The molecule has 0 aromatic rings. The first-order valence-electron chi connectivity index (χ1n) is 7.36. The third-order valence-corrected chi connectivity index (χ3v) is 4.32. The Hall–Kier alpha value is -0.770. The fourth-order valence-corrected chi connectivity index (χ4v) is 2.65. The summed E-state index contributed by atoms with van der Waals surface area (Å²) in [4.78, 5) is 14.1. The Kier molecular flexibility index (Phi) is 4.87. The average molecular weight is 254 g/mol. The molecule has 0 spiro atoms. The van der Waals surface area contributed by atoms with Gasteiger partial charge in [-0.25, -0.2) is 4.79 Å². The van der Waals surface area contributed by atoms with Crippen LogP contribution in [0.2, 0.25) is 0 Å². The van der Waals surface area contributed by atoms with Crippen molar-refractivity contribution in [2.75, 3.05) is 32.8 Å². The summed E-state index contributed by atoms with van der Waals surface area (Å²) in [5.41, 5.74) is 0.207. The van der Waals surface area contributed by atoms with Gasteiger partial charge in [0.1, 0.15) is 0 Å². The lowest BCUT2D eigenvalue weighted by molar-refractivity contribution is -0.111. The number of nitrogens with zero attached hydrogens (tertiary/aromatic N) is 1. The van der Waals surface area contributed by atoms with Gasteiger partial charge in [-0.05, 0) is 19.3 Å². The van der Waals surface area contributed by atoms with Crippen LogP contribution in [0.25, 0.3) is 0 Å². The fraction of sp³-hybridized carbons (Fsp3) is 0.929. The molecule has 18 heavy (non-hydrogen) atoms. The smallest absolute Gasteiger partial charge is 0.317 e. The molecule has 2 saturated heterocycles. The summed E-state index contributed by atoms with van der Waals surface area (Å²) in [6, 6.07) is 0.122. The molecule has 0 atom stereocenters. The van der Waals surface area contributed by atoms with Crippen molar-refractivity contribution in [1.29, 1.82) is 0 Å². The van der Waals surface area contributed by atoms with E-state index in [-0.39, 0.29) is 11.4 Å². The zero-order valence-corrected chi connectivity index (χ0v) is 11.5. The van der Waals surface area contributed by atoms with E-state index in [1.165, 1.54) is 19.3 Å². The molecule has 1 N–H and O–H groups in total. The molecule has 2 aliphatic rings. The molecule has 2 aliphatic heterocycles. The molecule has 2 fully saturated rings. The van der Waals surface area contributed by atoms with Crippen LogP contribution in [0.4, 0.5) is 4.79 Å². The second-order valence-electron chi connectivity index (χ2n) is 5.76.